The molecule has 1 heterocycles. The van der Waals surface area contributed by atoms with Gasteiger partial charge < -0.3 is 15.1 Å². The Bertz CT molecular complexity index is 1140. The van der Waals surface area contributed by atoms with Gasteiger partial charge in [0.1, 0.15) is 11.6 Å². The lowest BCUT2D eigenvalue weighted by molar-refractivity contribution is -0.169. The highest BCUT2D eigenvalue weighted by atomic mass is 19.1. The van der Waals surface area contributed by atoms with E-state index in [1.54, 1.807) is 4.90 Å². The van der Waals surface area contributed by atoms with Gasteiger partial charge in [-0.3, -0.25) is 4.79 Å². The maximum atomic E-state index is 14.2. The lowest BCUT2D eigenvalue weighted by Crippen LogP contribution is -2.59. The number of rotatable bonds is 4. The number of allylic oxidation sites excluding steroid dienone is 2. The Hall–Kier alpha value is -1.79. The third kappa shape index (κ3) is 3.91. The fraction of sp³-hybridized carbons (Fsp3) is 0.719. The van der Waals surface area contributed by atoms with E-state index in [1.807, 2.05) is 0 Å². The van der Waals surface area contributed by atoms with Crippen molar-refractivity contribution in [2.24, 2.45) is 46.3 Å². The Kier molecular flexibility index (Phi) is 6.54. The van der Waals surface area contributed by atoms with Crippen LogP contribution in [0.4, 0.5) is 14.5 Å². The van der Waals surface area contributed by atoms with E-state index in [1.165, 1.54) is 12.5 Å². The second kappa shape index (κ2) is 9.40. The number of hydrogen-bond donors (Lipinski definition) is 2. The minimum absolute atomic E-state index is 0.0840. The maximum Gasteiger partial charge on any atom is 0.227 e. The standard InChI is InChI=1S/C32H43F2NO3/c1-18(4-9-30(38)35-13-11-23-27(34)15-20(33)16-28(23)35)24-7-8-25-22-6-5-19-14-21(36)10-12-31(19,2)26(22)17-29(37)32(24,25)3/h7-8,15-16,18-19,21-22,24-26,29,36-37H,4-6,9-14,17H2,1-3H3/t18-,19-,21-,22+,24-,25+,26+,29+,31+,32-/m1/s1. The summed E-state index contributed by atoms with van der Waals surface area (Å²) in [5, 5.41) is 22.0. The third-order valence-corrected chi connectivity index (χ3v) is 12.1. The lowest BCUT2D eigenvalue weighted by Gasteiger charge is -2.62. The molecule has 208 valence electrons. The van der Waals surface area contributed by atoms with E-state index < -0.39 is 17.7 Å². The molecule has 5 aliphatic rings. The van der Waals surface area contributed by atoms with Crippen LogP contribution in [0.25, 0.3) is 0 Å². The molecule has 10 atom stereocenters. The van der Waals surface area contributed by atoms with Crippen LogP contribution >= 0.6 is 0 Å². The fourth-order valence-corrected chi connectivity index (χ4v) is 9.86. The molecule has 0 bridgehead atoms. The van der Waals surface area contributed by atoms with Gasteiger partial charge >= 0.3 is 0 Å². The number of nitrogens with zero attached hydrogens (tertiary/aromatic N) is 1. The van der Waals surface area contributed by atoms with Crippen molar-refractivity contribution in [3.8, 4) is 0 Å². The van der Waals surface area contributed by atoms with Crippen LogP contribution in [0, 0.1) is 58.0 Å². The van der Waals surface area contributed by atoms with E-state index in [4.69, 9.17) is 0 Å². The van der Waals surface area contributed by atoms with Crippen molar-refractivity contribution in [2.45, 2.75) is 90.8 Å². The molecule has 6 heteroatoms. The molecule has 1 amide bonds. The Labute approximate surface area is 225 Å². The van der Waals surface area contributed by atoms with E-state index >= 15 is 0 Å². The highest BCUT2D eigenvalue weighted by molar-refractivity contribution is 5.95. The lowest BCUT2D eigenvalue weighted by atomic mass is 9.43. The summed E-state index contributed by atoms with van der Waals surface area (Å²) in [4.78, 5) is 14.7. The predicted octanol–water partition coefficient (Wildman–Crippen LogP) is 6.04. The highest BCUT2D eigenvalue weighted by Gasteiger charge is 2.62. The Balaban J connectivity index is 1.14. The number of carbonyl (C=O) groups excluding carboxylic acids is 1. The van der Waals surface area contributed by atoms with Gasteiger partial charge in [0.05, 0.1) is 17.9 Å². The van der Waals surface area contributed by atoms with Crippen molar-refractivity contribution < 1.29 is 23.8 Å². The van der Waals surface area contributed by atoms with Gasteiger partial charge in [0.15, 0.2) is 0 Å². The molecule has 1 aromatic rings. The number of anilines is 1. The summed E-state index contributed by atoms with van der Waals surface area (Å²) in [6.45, 7) is 7.27. The quantitative estimate of drug-likeness (QED) is 0.470. The normalized spacial score (nSPS) is 42.3. The number of amides is 1. The molecule has 4 aliphatic carbocycles. The summed E-state index contributed by atoms with van der Waals surface area (Å²) in [5.74, 6) is 1.01. The van der Waals surface area contributed by atoms with E-state index in [0.29, 0.717) is 60.7 Å². The van der Waals surface area contributed by atoms with Crippen molar-refractivity contribution >= 4 is 11.6 Å². The van der Waals surface area contributed by atoms with Gasteiger partial charge in [-0.05, 0) is 98.4 Å². The van der Waals surface area contributed by atoms with E-state index in [-0.39, 0.29) is 34.7 Å². The molecular formula is C32H43F2NO3. The van der Waals surface area contributed by atoms with Crippen LogP contribution in [-0.4, -0.2) is 34.9 Å². The molecule has 1 aromatic carbocycles. The first-order valence-electron chi connectivity index (χ1n) is 14.9. The molecule has 3 saturated carbocycles. The highest BCUT2D eigenvalue weighted by Crippen LogP contribution is 2.66. The number of aliphatic hydroxyl groups excluding tert-OH is 2. The van der Waals surface area contributed by atoms with Gasteiger partial charge in [0.2, 0.25) is 5.91 Å². The Morgan fingerprint density at radius 1 is 1.13 bits per heavy atom. The van der Waals surface area contributed by atoms with Gasteiger partial charge in [-0.15, -0.1) is 0 Å². The zero-order valence-corrected chi connectivity index (χ0v) is 23.0. The fourth-order valence-electron chi connectivity index (χ4n) is 9.86. The Morgan fingerprint density at radius 3 is 2.71 bits per heavy atom. The zero-order valence-electron chi connectivity index (χ0n) is 23.0. The molecule has 4 nitrogen and oxygen atoms in total. The van der Waals surface area contributed by atoms with E-state index in [0.717, 1.165) is 38.2 Å². The molecule has 0 aromatic heterocycles. The average Bonchev–Trinajstić information content (AvgIpc) is 3.46. The molecule has 1 aliphatic heterocycles. The smallest absolute Gasteiger partial charge is 0.227 e. The third-order valence-electron chi connectivity index (χ3n) is 12.1. The van der Waals surface area contributed by atoms with Gasteiger partial charge in [-0.25, -0.2) is 8.78 Å². The molecule has 38 heavy (non-hydrogen) atoms. The van der Waals surface area contributed by atoms with Gasteiger partial charge in [-0.1, -0.05) is 32.9 Å². The van der Waals surface area contributed by atoms with Crippen molar-refractivity contribution in [1.82, 2.24) is 0 Å². The van der Waals surface area contributed by atoms with Gasteiger partial charge in [0, 0.05) is 30.0 Å². The second-order valence-corrected chi connectivity index (χ2v) is 13.7. The zero-order chi connectivity index (χ0) is 27.0. The van der Waals surface area contributed by atoms with E-state index in [2.05, 4.69) is 32.9 Å². The summed E-state index contributed by atoms with van der Waals surface area (Å²) in [6.07, 6.45) is 11.5. The number of fused-ring (bicyclic) bond motifs is 6. The number of halogens is 2. The molecule has 2 N–H and O–H groups in total. The molecular weight excluding hydrogens is 484 g/mol. The van der Waals surface area contributed by atoms with Crippen molar-refractivity contribution in [1.29, 1.82) is 0 Å². The molecule has 0 saturated heterocycles. The topological polar surface area (TPSA) is 60.8 Å². The summed E-state index contributed by atoms with van der Waals surface area (Å²) in [7, 11) is 0. The maximum absolute atomic E-state index is 14.2. The molecule has 0 spiro atoms. The van der Waals surface area contributed by atoms with Crippen LogP contribution < -0.4 is 4.90 Å². The second-order valence-electron chi connectivity index (χ2n) is 13.7. The van der Waals surface area contributed by atoms with Crippen molar-refractivity contribution in [3.63, 3.8) is 0 Å². The van der Waals surface area contributed by atoms with Crippen LogP contribution in [0.5, 0.6) is 0 Å². The molecule has 6 rings (SSSR count). The first-order chi connectivity index (χ1) is 18.0. The number of benzene rings is 1. The number of carbonyl (C=O) groups is 1. The summed E-state index contributed by atoms with van der Waals surface area (Å²) in [5.41, 5.74) is 0.756. The summed E-state index contributed by atoms with van der Waals surface area (Å²) >= 11 is 0. The van der Waals surface area contributed by atoms with Gasteiger partial charge in [-0.2, -0.15) is 0 Å². The SMILES string of the molecule is C[C@H](CCC(=O)N1CCc2c(F)cc(F)cc21)[C@H]1C=C[C@H]2[C@@H]3CC[C@@H]4C[C@H](O)CC[C@]4(C)[C@H]3C[C@H](O)[C@]12C. The summed E-state index contributed by atoms with van der Waals surface area (Å²) in [6, 6.07) is 2.16. The Morgan fingerprint density at radius 2 is 1.92 bits per heavy atom. The molecule has 0 unspecified atom stereocenters. The largest absolute Gasteiger partial charge is 0.393 e. The minimum atomic E-state index is -0.652. The number of hydrogen-bond acceptors (Lipinski definition) is 3. The minimum Gasteiger partial charge on any atom is -0.393 e. The summed E-state index contributed by atoms with van der Waals surface area (Å²) < 4.78 is 28.0. The van der Waals surface area contributed by atoms with Crippen molar-refractivity contribution in [3.05, 3.63) is 41.5 Å². The first kappa shape index (κ1) is 26.4. The van der Waals surface area contributed by atoms with Crippen LogP contribution in [-0.2, 0) is 11.2 Å². The average molecular weight is 528 g/mol. The molecule has 3 fully saturated rings. The first-order valence-corrected chi connectivity index (χ1v) is 14.9. The van der Waals surface area contributed by atoms with Crippen LogP contribution in [0.15, 0.2) is 24.3 Å². The molecule has 0 radical (unpaired) electrons. The van der Waals surface area contributed by atoms with Crippen LogP contribution in [0.3, 0.4) is 0 Å². The van der Waals surface area contributed by atoms with Crippen LogP contribution in [0.2, 0.25) is 0 Å². The van der Waals surface area contributed by atoms with Crippen LogP contribution in [0.1, 0.15) is 77.7 Å². The van der Waals surface area contributed by atoms with Gasteiger partial charge in [0.25, 0.3) is 0 Å². The van der Waals surface area contributed by atoms with Crippen molar-refractivity contribution in [2.75, 3.05) is 11.4 Å². The number of aliphatic hydroxyl groups is 2. The predicted molar refractivity (Wildman–Crippen MR) is 143 cm³/mol. The monoisotopic (exact) mass is 527 g/mol. The van der Waals surface area contributed by atoms with E-state index in [9.17, 15) is 23.8 Å².